The highest BCUT2D eigenvalue weighted by Crippen LogP contribution is 2.24. The number of hydrogen-bond donors (Lipinski definition) is 1. The quantitative estimate of drug-likeness (QED) is 0.845. The highest BCUT2D eigenvalue weighted by Gasteiger charge is 2.13. The van der Waals surface area contributed by atoms with Gasteiger partial charge in [0.2, 0.25) is 10.0 Å². The second-order valence-corrected chi connectivity index (χ2v) is 7.05. The number of nitrogens with one attached hydrogen (secondary N) is 1. The molecule has 0 atom stereocenters. The smallest absolute Gasteiger partial charge is 0.216 e. The Kier molecular flexibility index (Phi) is 5.63. The minimum Gasteiger partial charge on any atom is -0.497 e. The number of rotatable bonds is 7. The summed E-state index contributed by atoms with van der Waals surface area (Å²) >= 11 is 0. The summed E-state index contributed by atoms with van der Waals surface area (Å²) in [5.41, 5.74) is 2.55. The van der Waals surface area contributed by atoms with Crippen molar-refractivity contribution in [2.45, 2.75) is 19.2 Å². The zero-order chi connectivity index (χ0) is 16.9. The molecule has 0 aliphatic carbocycles. The molecule has 6 heteroatoms. The van der Waals surface area contributed by atoms with Gasteiger partial charge in [0.1, 0.15) is 11.5 Å². The fraction of sp³-hybridized carbons (Fsp3) is 0.294. The third-order valence-corrected chi connectivity index (χ3v) is 4.71. The number of hydrogen-bond acceptors (Lipinski definition) is 4. The highest BCUT2D eigenvalue weighted by molar-refractivity contribution is 7.88. The molecule has 0 unspecified atom stereocenters. The molecule has 0 spiro atoms. The molecule has 1 N–H and O–H groups in total. The maximum absolute atomic E-state index is 12.2. The Labute approximate surface area is 137 Å². The molecule has 23 heavy (non-hydrogen) atoms. The van der Waals surface area contributed by atoms with Gasteiger partial charge in [-0.2, -0.15) is 0 Å². The fourth-order valence-electron chi connectivity index (χ4n) is 2.26. The molecule has 2 rings (SSSR count). The predicted molar refractivity (Wildman–Crippen MR) is 90.2 cm³/mol. The van der Waals surface area contributed by atoms with E-state index in [-0.39, 0.29) is 12.3 Å². The number of aryl methyl sites for hydroxylation is 1. The van der Waals surface area contributed by atoms with Gasteiger partial charge >= 0.3 is 0 Å². The van der Waals surface area contributed by atoms with E-state index in [4.69, 9.17) is 9.47 Å². The maximum atomic E-state index is 12.2. The molecule has 0 fully saturated rings. The van der Waals surface area contributed by atoms with Gasteiger partial charge in [-0.1, -0.05) is 35.9 Å². The Hall–Kier alpha value is -2.05. The van der Waals surface area contributed by atoms with Crippen molar-refractivity contribution in [2.24, 2.45) is 0 Å². The van der Waals surface area contributed by atoms with E-state index in [1.165, 1.54) is 0 Å². The Balaban J connectivity index is 2.07. The van der Waals surface area contributed by atoms with E-state index in [1.807, 2.05) is 25.1 Å². The van der Waals surface area contributed by atoms with Gasteiger partial charge in [-0.05, 0) is 18.6 Å². The molecule has 0 bridgehead atoms. The Morgan fingerprint density at radius 3 is 2.48 bits per heavy atom. The standard InChI is InChI=1S/C17H21NO4S/c1-13-5-4-6-14(9-13)12-23(19,20)18-11-15-7-8-16(21-2)10-17(15)22-3/h4-10,18H,11-12H2,1-3H3. The first-order valence-corrected chi connectivity index (χ1v) is 8.82. The first kappa shape index (κ1) is 17.3. The van der Waals surface area contributed by atoms with E-state index in [9.17, 15) is 8.42 Å². The molecule has 2 aromatic carbocycles. The maximum Gasteiger partial charge on any atom is 0.216 e. The molecule has 2 aromatic rings. The van der Waals surface area contributed by atoms with E-state index in [0.717, 1.165) is 16.7 Å². The monoisotopic (exact) mass is 335 g/mol. The summed E-state index contributed by atoms with van der Waals surface area (Å²) in [6.07, 6.45) is 0. The second kappa shape index (κ2) is 7.48. The lowest BCUT2D eigenvalue weighted by molar-refractivity contribution is 0.390. The van der Waals surface area contributed by atoms with E-state index < -0.39 is 10.0 Å². The minimum atomic E-state index is -3.43. The van der Waals surface area contributed by atoms with Crippen molar-refractivity contribution in [3.8, 4) is 11.5 Å². The second-order valence-electron chi connectivity index (χ2n) is 5.25. The van der Waals surface area contributed by atoms with Gasteiger partial charge in [0.15, 0.2) is 0 Å². The molecule has 124 valence electrons. The molecule has 0 amide bonds. The van der Waals surface area contributed by atoms with Gasteiger partial charge in [0.25, 0.3) is 0 Å². The van der Waals surface area contributed by atoms with Crippen molar-refractivity contribution in [2.75, 3.05) is 14.2 Å². The molecule has 0 aromatic heterocycles. The van der Waals surface area contributed by atoms with Crippen molar-refractivity contribution in [1.82, 2.24) is 4.72 Å². The van der Waals surface area contributed by atoms with Crippen molar-refractivity contribution < 1.29 is 17.9 Å². The normalized spacial score (nSPS) is 11.3. The largest absolute Gasteiger partial charge is 0.497 e. The van der Waals surface area contributed by atoms with Gasteiger partial charge in [-0.3, -0.25) is 0 Å². The van der Waals surface area contributed by atoms with E-state index in [2.05, 4.69) is 4.72 Å². The molecule has 0 aliphatic heterocycles. The van der Waals surface area contributed by atoms with Crippen LogP contribution in [0, 0.1) is 6.92 Å². The lowest BCUT2D eigenvalue weighted by atomic mass is 10.2. The average Bonchev–Trinajstić information content (AvgIpc) is 2.52. The lowest BCUT2D eigenvalue weighted by Crippen LogP contribution is -2.25. The molecule has 0 saturated carbocycles. The summed E-state index contributed by atoms with van der Waals surface area (Å²) < 4.78 is 37.5. The molecule has 0 saturated heterocycles. The Morgan fingerprint density at radius 2 is 1.83 bits per heavy atom. The summed E-state index contributed by atoms with van der Waals surface area (Å²) in [6, 6.07) is 12.7. The summed E-state index contributed by atoms with van der Waals surface area (Å²) in [6.45, 7) is 2.10. The van der Waals surface area contributed by atoms with E-state index in [1.54, 1.807) is 38.5 Å². The predicted octanol–water partition coefficient (Wildman–Crippen LogP) is 2.63. The topological polar surface area (TPSA) is 64.6 Å². The molecule has 0 heterocycles. The first-order valence-electron chi connectivity index (χ1n) is 7.17. The fourth-order valence-corrected chi connectivity index (χ4v) is 3.35. The van der Waals surface area contributed by atoms with E-state index in [0.29, 0.717) is 11.5 Å². The number of sulfonamides is 1. The summed E-state index contributed by atoms with van der Waals surface area (Å²) in [4.78, 5) is 0. The van der Waals surface area contributed by atoms with Gasteiger partial charge < -0.3 is 9.47 Å². The SMILES string of the molecule is COc1ccc(CNS(=O)(=O)Cc2cccc(C)c2)c(OC)c1. The van der Waals surface area contributed by atoms with Crippen molar-refractivity contribution in [3.63, 3.8) is 0 Å². The lowest BCUT2D eigenvalue weighted by Gasteiger charge is -2.12. The summed E-state index contributed by atoms with van der Waals surface area (Å²) in [7, 11) is -0.317. The van der Waals surface area contributed by atoms with Gasteiger partial charge in [-0.25, -0.2) is 13.1 Å². The van der Waals surface area contributed by atoms with Gasteiger partial charge in [0, 0.05) is 18.2 Å². The number of benzene rings is 2. The van der Waals surface area contributed by atoms with Crippen LogP contribution in [0.1, 0.15) is 16.7 Å². The zero-order valence-corrected chi connectivity index (χ0v) is 14.3. The van der Waals surface area contributed by atoms with Crippen LogP contribution in [0.2, 0.25) is 0 Å². The van der Waals surface area contributed by atoms with Crippen LogP contribution in [-0.2, 0) is 22.3 Å². The molecule has 0 radical (unpaired) electrons. The van der Waals surface area contributed by atoms with Crippen LogP contribution in [0.5, 0.6) is 11.5 Å². The van der Waals surface area contributed by atoms with Crippen LogP contribution < -0.4 is 14.2 Å². The molecular formula is C17H21NO4S. The van der Waals surface area contributed by atoms with Crippen molar-refractivity contribution in [1.29, 1.82) is 0 Å². The summed E-state index contributed by atoms with van der Waals surface area (Å²) in [5.74, 6) is 1.20. The third-order valence-electron chi connectivity index (χ3n) is 3.42. The summed E-state index contributed by atoms with van der Waals surface area (Å²) in [5, 5.41) is 0. The molecular weight excluding hydrogens is 314 g/mol. The van der Waals surface area contributed by atoms with Crippen molar-refractivity contribution in [3.05, 3.63) is 59.2 Å². The van der Waals surface area contributed by atoms with Crippen LogP contribution in [0.15, 0.2) is 42.5 Å². The zero-order valence-electron chi connectivity index (χ0n) is 13.5. The van der Waals surface area contributed by atoms with Crippen LogP contribution in [0.4, 0.5) is 0 Å². The van der Waals surface area contributed by atoms with E-state index >= 15 is 0 Å². The number of ether oxygens (including phenoxy) is 2. The van der Waals surface area contributed by atoms with Gasteiger partial charge in [0.05, 0.1) is 20.0 Å². The Bertz CT molecular complexity index is 772. The van der Waals surface area contributed by atoms with Crippen LogP contribution >= 0.6 is 0 Å². The highest BCUT2D eigenvalue weighted by atomic mass is 32.2. The van der Waals surface area contributed by atoms with Crippen molar-refractivity contribution >= 4 is 10.0 Å². The molecule has 0 aliphatic rings. The first-order chi connectivity index (χ1) is 10.9. The average molecular weight is 335 g/mol. The molecule has 5 nitrogen and oxygen atoms in total. The Morgan fingerprint density at radius 1 is 1.04 bits per heavy atom. The van der Waals surface area contributed by atoms with Crippen LogP contribution in [0.25, 0.3) is 0 Å². The van der Waals surface area contributed by atoms with Gasteiger partial charge in [-0.15, -0.1) is 0 Å². The van der Waals surface area contributed by atoms with Crippen LogP contribution in [0.3, 0.4) is 0 Å². The third kappa shape index (κ3) is 4.97. The van der Waals surface area contributed by atoms with Crippen LogP contribution in [-0.4, -0.2) is 22.6 Å². The number of methoxy groups -OCH3 is 2. The minimum absolute atomic E-state index is 0.0485.